The van der Waals surface area contributed by atoms with E-state index in [0.29, 0.717) is 41.4 Å². The molecule has 1 amide bonds. The van der Waals surface area contributed by atoms with Crippen LogP contribution in [0.3, 0.4) is 0 Å². The second-order valence-electron chi connectivity index (χ2n) is 6.35. The van der Waals surface area contributed by atoms with E-state index < -0.39 is 0 Å². The Kier molecular flexibility index (Phi) is 4.72. The fourth-order valence-electron chi connectivity index (χ4n) is 3.23. The van der Waals surface area contributed by atoms with E-state index in [2.05, 4.69) is 30.6 Å². The monoisotopic (exact) mass is 442 g/mol. The van der Waals surface area contributed by atoms with Crippen LogP contribution in [0.15, 0.2) is 24.5 Å². The number of carbonyl (C=O) groups is 1. The lowest BCUT2D eigenvalue weighted by Crippen LogP contribution is -2.24. The molecule has 4 aromatic rings. The van der Waals surface area contributed by atoms with E-state index in [1.165, 1.54) is 23.7 Å². The van der Waals surface area contributed by atoms with E-state index in [9.17, 15) is 4.79 Å². The lowest BCUT2D eigenvalue weighted by Gasteiger charge is -2.10. The molecule has 0 aliphatic carbocycles. The number of nitrogens with zero attached hydrogens (tertiary/aromatic N) is 4. The van der Waals surface area contributed by atoms with Crippen molar-refractivity contribution in [2.24, 2.45) is 0 Å². The first kappa shape index (κ1) is 18.8. The van der Waals surface area contributed by atoms with Gasteiger partial charge < -0.3 is 20.1 Å². The maximum atomic E-state index is 12.3. The van der Waals surface area contributed by atoms with Crippen molar-refractivity contribution in [3.05, 3.63) is 34.7 Å². The zero-order valence-electron chi connectivity index (χ0n) is 15.7. The van der Waals surface area contributed by atoms with Crippen LogP contribution in [0.25, 0.3) is 21.1 Å². The molecule has 9 nitrogen and oxygen atoms in total. The molecule has 0 bridgehead atoms. The Morgan fingerprint density at radius 1 is 1.17 bits per heavy atom. The molecule has 5 rings (SSSR count). The molecule has 0 fully saturated rings. The summed E-state index contributed by atoms with van der Waals surface area (Å²) in [5.74, 6) is 0.679. The number of halogens is 1. The molecule has 11 heteroatoms. The number of nitrogens with one attached hydrogen (secondary N) is 2. The number of hydrogen-bond acceptors (Lipinski definition) is 9. The van der Waals surface area contributed by atoms with E-state index in [1.807, 2.05) is 19.1 Å². The molecule has 0 unspecified atom stereocenters. The van der Waals surface area contributed by atoms with Crippen molar-refractivity contribution in [3.63, 3.8) is 0 Å². The number of carbonyl (C=O) groups excluding carboxylic acids is 1. The highest BCUT2D eigenvalue weighted by Gasteiger charge is 2.23. The van der Waals surface area contributed by atoms with Crippen LogP contribution in [-0.2, 0) is 0 Å². The predicted molar refractivity (Wildman–Crippen MR) is 114 cm³/mol. The maximum absolute atomic E-state index is 12.3. The summed E-state index contributed by atoms with van der Waals surface area (Å²) in [6.07, 6.45) is 2.96. The molecule has 1 aromatic carbocycles. The maximum Gasteiger partial charge on any atom is 0.268 e. The molecule has 0 saturated carbocycles. The van der Waals surface area contributed by atoms with Crippen LogP contribution >= 0.6 is 22.9 Å². The third-order valence-electron chi connectivity index (χ3n) is 4.45. The van der Waals surface area contributed by atoms with Crippen molar-refractivity contribution in [1.29, 1.82) is 0 Å². The number of amides is 1. The van der Waals surface area contributed by atoms with Crippen molar-refractivity contribution in [2.45, 2.75) is 6.92 Å². The smallest absolute Gasteiger partial charge is 0.268 e. The minimum atomic E-state index is -0.0821. The average Bonchev–Trinajstić information content (AvgIpc) is 3.02. The van der Waals surface area contributed by atoms with Gasteiger partial charge >= 0.3 is 0 Å². The Bertz CT molecular complexity index is 1290. The number of benzene rings is 1. The van der Waals surface area contributed by atoms with Gasteiger partial charge in [-0.1, -0.05) is 0 Å². The fourth-order valence-corrected chi connectivity index (χ4v) is 4.46. The number of fused-ring (bicyclic) bond motifs is 5. The number of ether oxygens (including phenoxy) is 2. The van der Waals surface area contributed by atoms with Gasteiger partial charge in [0.1, 0.15) is 4.88 Å². The molecule has 30 heavy (non-hydrogen) atoms. The number of anilines is 1. The minimum absolute atomic E-state index is 0.0363. The molecule has 2 N–H and O–H groups in total. The number of hydrogen-bond donors (Lipinski definition) is 2. The van der Waals surface area contributed by atoms with E-state index in [4.69, 9.17) is 21.1 Å². The zero-order valence-corrected chi connectivity index (χ0v) is 17.3. The largest absolute Gasteiger partial charge is 0.487 e. The van der Waals surface area contributed by atoms with Gasteiger partial charge in [0.25, 0.3) is 11.8 Å². The van der Waals surface area contributed by atoms with Crippen molar-refractivity contribution in [2.75, 3.05) is 25.0 Å². The van der Waals surface area contributed by atoms with Crippen LogP contribution in [0.1, 0.15) is 16.6 Å². The van der Waals surface area contributed by atoms with E-state index in [-0.39, 0.29) is 23.0 Å². The van der Waals surface area contributed by atoms with E-state index >= 15 is 0 Å². The van der Waals surface area contributed by atoms with Crippen LogP contribution in [0.5, 0.6) is 17.5 Å². The first-order valence-corrected chi connectivity index (χ1v) is 10.4. The molecule has 4 heterocycles. The van der Waals surface area contributed by atoms with Crippen LogP contribution in [0.2, 0.25) is 5.28 Å². The lowest BCUT2D eigenvalue weighted by molar-refractivity contribution is 0.0962. The van der Waals surface area contributed by atoms with Gasteiger partial charge in [0.15, 0.2) is 0 Å². The second-order valence-corrected chi connectivity index (χ2v) is 7.74. The molecule has 0 radical (unpaired) electrons. The van der Waals surface area contributed by atoms with Crippen molar-refractivity contribution in [3.8, 4) is 17.5 Å². The van der Waals surface area contributed by atoms with Crippen LogP contribution in [-0.4, -0.2) is 45.5 Å². The highest BCUT2D eigenvalue weighted by atomic mass is 35.5. The predicted octanol–water partition coefficient (Wildman–Crippen LogP) is 3.63. The molecule has 1 aliphatic heterocycles. The van der Waals surface area contributed by atoms with Gasteiger partial charge in [-0.2, -0.15) is 4.98 Å². The highest BCUT2D eigenvalue weighted by molar-refractivity contribution is 7.21. The molecule has 3 aromatic heterocycles. The summed E-state index contributed by atoms with van der Waals surface area (Å²) in [7, 11) is 0. The summed E-state index contributed by atoms with van der Waals surface area (Å²) in [4.78, 5) is 30.1. The van der Waals surface area contributed by atoms with Crippen LogP contribution in [0.4, 0.5) is 5.69 Å². The van der Waals surface area contributed by atoms with Gasteiger partial charge in [0.05, 0.1) is 35.7 Å². The summed E-state index contributed by atoms with van der Waals surface area (Å²) in [6.45, 7) is 3.48. The van der Waals surface area contributed by atoms with Gasteiger partial charge in [0, 0.05) is 23.2 Å². The second kappa shape index (κ2) is 7.54. The fraction of sp³-hybridized carbons (Fsp3) is 0.211. The van der Waals surface area contributed by atoms with Gasteiger partial charge in [-0.25, -0.2) is 15.0 Å². The quantitative estimate of drug-likeness (QED) is 0.461. The average molecular weight is 443 g/mol. The van der Waals surface area contributed by atoms with E-state index in [0.717, 1.165) is 15.8 Å². The molecule has 152 valence electrons. The number of aromatic nitrogens is 4. The first-order chi connectivity index (χ1) is 14.6. The van der Waals surface area contributed by atoms with Crippen molar-refractivity contribution >= 4 is 55.7 Å². The summed E-state index contributed by atoms with van der Waals surface area (Å²) in [5, 5.41) is 7.13. The summed E-state index contributed by atoms with van der Waals surface area (Å²) >= 11 is 7.32. The van der Waals surface area contributed by atoms with Gasteiger partial charge in [-0.05, 0) is 30.7 Å². The zero-order chi connectivity index (χ0) is 20.7. The molecule has 1 aliphatic rings. The topological polar surface area (TPSA) is 111 Å². The SMILES string of the molecule is CCOc1cnc(Cl)nc1Oc1cnc2c(ccc3sc4c(c32)NCCNC4=O)n1. The van der Waals surface area contributed by atoms with Crippen LogP contribution in [0, 0.1) is 0 Å². The molecular formula is C19H15ClN6O3S. The van der Waals surface area contributed by atoms with Gasteiger partial charge in [-0.3, -0.25) is 4.79 Å². The normalized spacial score (nSPS) is 13.5. The van der Waals surface area contributed by atoms with E-state index in [1.54, 1.807) is 0 Å². The summed E-state index contributed by atoms with van der Waals surface area (Å²) < 4.78 is 12.2. The third-order valence-corrected chi connectivity index (χ3v) is 5.79. The van der Waals surface area contributed by atoms with Crippen molar-refractivity contribution < 1.29 is 14.3 Å². The molecule has 0 atom stereocenters. The van der Waals surface area contributed by atoms with Gasteiger partial charge in [0.2, 0.25) is 16.9 Å². The first-order valence-electron chi connectivity index (χ1n) is 9.21. The Morgan fingerprint density at radius 3 is 2.90 bits per heavy atom. The minimum Gasteiger partial charge on any atom is -0.487 e. The molecule has 0 saturated heterocycles. The molecular weight excluding hydrogens is 428 g/mol. The van der Waals surface area contributed by atoms with Crippen molar-refractivity contribution in [1.82, 2.24) is 25.3 Å². The molecule has 0 spiro atoms. The summed E-state index contributed by atoms with van der Waals surface area (Å²) in [6, 6.07) is 3.78. The van der Waals surface area contributed by atoms with Gasteiger partial charge in [-0.15, -0.1) is 11.3 Å². The Labute approximate surface area is 179 Å². The lowest BCUT2D eigenvalue weighted by atomic mass is 10.1. The number of rotatable bonds is 4. The van der Waals surface area contributed by atoms with Crippen LogP contribution < -0.4 is 20.1 Å². The Balaban J connectivity index is 1.59. The highest BCUT2D eigenvalue weighted by Crippen LogP contribution is 2.40. The third kappa shape index (κ3) is 3.23. The Hall–Kier alpha value is -3.24. The summed E-state index contributed by atoms with van der Waals surface area (Å²) in [5.41, 5.74) is 2.11. The number of thiophene rings is 1. The standard InChI is InChI=1S/C19H15ClN6O3S/c1-2-28-10-7-24-19(20)26-18(10)29-12-8-23-14-9(25-12)3-4-11-13(14)15-16(30-11)17(27)22-6-5-21-15/h3-4,7-8,21H,2,5-6H2,1H3,(H,22,27). The Morgan fingerprint density at radius 2 is 2.03 bits per heavy atom.